The zero-order chi connectivity index (χ0) is 14.0. The van der Waals surface area contributed by atoms with Crippen molar-refractivity contribution in [3.63, 3.8) is 0 Å². The summed E-state index contributed by atoms with van der Waals surface area (Å²) in [6.45, 7) is 2.74. The van der Waals surface area contributed by atoms with Gasteiger partial charge in [0.15, 0.2) is 0 Å². The van der Waals surface area contributed by atoms with E-state index < -0.39 is 12.0 Å². The molecule has 6 nitrogen and oxygen atoms in total. The molecule has 2 amide bonds. The van der Waals surface area contributed by atoms with Crippen molar-refractivity contribution in [2.45, 2.75) is 25.8 Å². The minimum atomic E-state index is -1.02. The summed E-state index contributed by atoms with van der Waals surface area (Å²) in [6.07, 6.45) is 2.78. The maximum Gasteiger partial charge on any atom is 0.326 e. The molecule has 0 heterocycles. The second-order valence-corrected chi connectivity index (χ2v) is 4.76. The molecule has 0 unspecified atom stereocenters. The normalized spacial score (nSPS) is 11.9. The Labute approximate surface area is 112 Å². The van der Waals surface area contributed by atoms with Crippen LogP contribution in [0.15, 0.2) is 0 Å². The Kier molecular flexibility index (Phi) is 9.49. The number of thioether (sulfide) groups is 1. The van der Waals surface area contributed by atoms with E-state index >= 15 is 0 Å². The highest BCUT2D eigenvalue weighted by Gasteiger charge is 2.21. The number of aliphatic hydroxyl groups is 1. The van der Waals surface area contributed by atoms with Crippen LogP contribution in [-0.2, 0) is 4.79 Å². The van der Waals surface area contributed by atoms with Gasteiger partial charge in [0.1, 0.15) is 6.04 Å². The fourth-order valence-corrected chi connectivity index (χ4v) is 1.87. The molecule has 0 aliphatic heterocycles. The summed E-state index contributed by atoms with van der Waals surface area (Å²) in [5.41, 5.74) is 0. The molecule has 0 fully saturated rings. The lowest BCUT2D eigenvalue weighted by atomic mass is 10.2. The first-order chi connectivity index (χ1) is 8.56. The Bertz CT molecular complexity index is 263. The van der Waals surface area contributed by atoms with Crippen molar-refractivity contribution < 1.29 is 19.8 Å². The second-order valence-electron chi connectivity index (χ2n) is 3.78. The quantitative estimate of drug-likeness (QED) is 0.575. The van der Waals surface area contributed by atoms with Crippen LogP contribution < -0.4 is 5.32 Å². The number of carboxylic acids is 1. The number of hydrogen-bond donors (Lipinski definition) is 3. The van der Waals surface area contributed by atoms with Crippen LogP contribution in [0.5, 0.6) is 0 Å². The van der Waals surface area contributed by atoms with E-state index in [0.717, 1.165) is 0 Å². The van der Waals surface area contributed by atoms with Crippen LogP contribution >= 0.6 is 11.8 Å². The largest absolute Gasteiger partial charge is 0.480 e. The average molecular weight is 278 g/mol. The molecule has 0 radical (unpaired) electrons. The summed E-state index contributed by atoms with van der Waals surface area (Å²) < 4.78 is 0. The minimum Gasteiger partial charge on any atom is -0.480 e. The number of nitrogens with one attached hydrogen (secondary N) is 1. The Balaban J connectivity index is 4.32. The number of aliphatic carboxylic acids is 1. The smallest absolute Gasteiger partial charge is 0.326 e. The number of carbonyl (C=O) groups excluding carboxylic acids is 1. The van der Waals surface area contributed by atoms with Gasteiger partial charge in [-0.3, -0.25) is 0 Å². The molecular weight excluding hydrogens is 256 g/mol. The number of hydrogen-bond acceptors (Lipinski definition) is 4. The van der Waals surface area contributed by atoms with E-state index in [1.165, 1.54) is 4.90 Å². The number of rotatable bonds is 9. The van der Waals surface area contributed by atoms with Gasteiger partial charge in [0.2, 0.25) is 0 Å². The number of carboxylic acid groups (broad SMARTS) is 1. The van der Waals surface area contributed by atoms with Crippen molar-refractivity contribution in [3.8, 4) is 0 Å². The van der Waals surface area contributed by atoms with Crippen molar-refractivity contribution in [1.29, 1.82) is 0 Å². The molecule has 0 saturated carbocycles. The van der Waals surface area contributed by atoms with Gasteiger partial charge < -0.3 is 20.4 Å². The molecule has 0 aromatic carbocycles. The highest BCUT2D eigenvalue weighted by atomic mass is 32.2. The van der Waals surface area contributed by atoms with Crippen LogP contribution in [0.2, 0.25) is 0 Å². The third-order valence-electron chi connectivity index (χ3n) is 2.46. The molecule has 0 rings (SSSR count). The summed E-state index contributed by atoms with van der Waals surface area (Å²) in [5, 5.41) is 20.2. The first kappa shape index (κ1) is 17.1. The number of urea groups is 1. The first-order valence-corrected chi connectivity index (χ1v) is 7.34. The zero-order valence-electron chi connectivity index (χ0n) is 10.9. The Hall–Kier alpha value is -0.950. The summed E-state index contributed by atoms with van der Waals surface area (Å²) in [4.78, 5) is 24.3. The van der Waals surface area contributed by atoms with Crippen LogP contribution in [0.1, 0.15) is 19.8 Å². The number of nitrogens with zero attached hydrogens (tertiary/aromatic N) is 1. The molecule has 0 aromatic heterocycles. The lowest BCUT2D eigenvalue weighted by Gasteiger charge is -2.23. The molecule has 0 aliphatic carbocycles. The van der Waals surface area contributed by atoms with Gasteiger partial charge in [-0.15, -0.1) is 0 Å². The van der Waals surface area contributed by atoms with Gasteiger partial charge in [0.25, 0.3) is 0 Å². The van der Waals surface area contributed by atoms with E-state index in [1.807, 2.05) is 13.2 Å². The highest BCUT2D eigenvalue weighted by Crippen LogP contribution is 2.02. The van der Waals surface area contributed by atoms with E-state index in [1.54, 1.807) is 11.8 Å². The van der Waals surface area contributed by atoms with E-state index in [-0.39, 0.29) is 12.6 Å². The molecule has 7 heteroatoms. The summed E-state index contributed by atoms with van der Waals surface area (Å²) in [7, 11) is 0. The van der Waals surface area contributed by atoms with Gasteiger partial charge in [-0.2, -0.15) is 11.8 Å². The first-order valence-electron chi connectivity index (χ1n) is 5.94. The molecule has 0 saturated heterocycles. The van der Waals surface area contributed by atoms with E-state index in [9.17, 15) is 9.59 Å². The van der Waals surface area contributed by atoms with Crippen LogP contribution in [0, 0.1) is 0 Å². The fourth-order valence-electron chi connectivity index (χ4n) is 1.40. The predicted octanol–water partition coefficient (Wildman–Crippen LogP) is 0.607. The highest BCUT2D eigenvalue weighted by molar-refractivity contribution is 7.98. The van der Waals surface area contributed by atoms with Gasteiger partial charge in [-0.25, -0.2) is 9.59 Å². The number of amides is 2. The minimum absolute atomic E-state index is 0.0125. The maximum absolute atomic E-state index is 11.8. The second kappa shape index (κ2) is 10.0. The van der Waals surface area contributed by atoms with Gasteiger partial charge in [-0.1, -0.05) is 0 Å². The van der Waals surface area contributed by atoms with Crippen LogP contribution in [0.25, 0.3) is 0 Å². The van der Waals surface area contributed by atoms with Crippen molar-refractivity contribution >= 4 is 23.8 Å². The van der Waals surface area contributed by atoms with Gasteiger partial charge >= 0.3 is 12.0 Å². The lowest BCUT2D eigenvalue weighted by Crippen LogP contribution is -2.48. The van der Waals surface area contributed by atoms with E-state index in [0.29, 0.717) is 31.7 Å². The third-order valence-corrected chi connectivity index (χ3v) is 3.11. The summed E-state index contributed by atoms with van der Waals surface area (Å²) in [5.74, 6) is -0.337. The van der Waals surface area contributed by atoms with Crippen LogP contribution in [0.4, 0.5) is 4.79 Å². The predicted molar refractivity (Wildman–Crippen MR) is 71.9 cm³/mol. The van der Waals surface area contributed by atoms with Gasteiger partial charge in [-0.05, 0) is 31.8 Å². The number of carbonyl (C=O) groups is 2. The van der Waals surface area contributed by atoms with Crippen molar-refractivity contribution in [3.05, 3.63) is 0 Å². The van der Waals surface area contributed by atoms with Crippen molar-refractivity contribution in [2.24, 2.45) is 0 Å². The maximum atomic E-state index is 11.8. The molecule has 0 bridgehead atoms. The molecule has 106 valence electrons. The Morgan fingerprint density at radius 2 is 2.11 bits per heavy atom. The lowest BCUT2D eigenvalue weighted by molar-refractivity contribution is -0.139. The molecule has 0 aromatic rings. The molecule has 3 N–H and O–H groups in total. The summed E-state index contributed by atoms with van der Waals surface area (Å²) >= 11 is 1.54. The third kappa shape index (κ3) is 6.70. The summed E-state index contributed by atoms with van der Waals surface area (Å²) in [6, 6.07) is -1.24. The molecule has 0 spiro atoms. The SMILES string of the molecule is CCN(CCCO)C(=O)N[C@@H](CCSC)C(=O)O. The van der Waals surface area contributed by atoms with Gasteiger partial charge in [0.05, 0.1) is 0 Å². The Morgan fingerprint density at radius 1 is 1.44 bits per heavy atom. The standard InChI is InChI=1S/C11H22N2O4S/c1-3-13(6-4-7-14)11(17)12-9(10(15)16)5-8-18-2/h9,14H,3-8H2,1-2H3,(H,12,17)(H,15,16)/t9-/m0/s1. The van der Waals surface area contributed by atoms with Crippen LogP contribution in [-0.4, -0.2) is 64.9 Å². The van der Waals surface area contributed by atoms with E-state index in [2.05, 4.69) is 5.32 Å². The molecule has 0 aliphatic rings. The van der Waals surface area contributed by atoms with Crippen molar-refractivity contribution in [2.75, 3.05) is 31.7 Å². The van der Waals surface area contributed by atoms with E-state index in [4.69, 9.17) is 10.2 Å². The molecule has 18 heavy (non-hydrogen) atoms. The number of aliphatic hydroxyl groups excluding tert-OH is 1. The topological polar surface area (TPSA) is 89.9 Å². The average Bonchev–Trinajstić information content (AvgIpc) is 2.34. The Morgan fingerprint density at radius 3 is 2.56 bits per heavy atom. The zero-order valence-corrected chi connectivity index (χ0v) is 11.7. The molecular formula is C11H22N2O4S. The van der Waals surface area contributed by atoms with Gasteiger partial charge in [0, 0.05) is 19.7 Å². The molecule has 1 atom stereocenters. The monoisotopic (exact) mass is 278 g/mol. The van der Waals surface area contributed by atoms with Crippen LogP contribution in [0.3, 0.4) is 0 Å². The van der Waals surface area contributed by atoms with Crippen molar-refractivity contribution in [1.82, 2.24) is 10.2 Å². The fraction of sp³-hybridized carbons (Fsp3) is 0.818.